The summed E-state index contributed by atoms with van der Waals surface area (Å²) in [6.45, 7) is 6.03. The number of carbonyl (C=O) groups excluding carboxylic acids is 1. The normalized spacial score (nSPS) is 41.3. The Morgan fingerprint density at radius 2 is 2.19 bits per heavy atom. The number of cyclic esters (lactones) is 1. The highest BCUT2D eigenvalue weighted by Gasteiger charge is 2.56. The molecule has 0 amide bonds. The second-order valence-corrected chi connectivity index (χ2v) is 5.22. The number of carboxylic acids is 1. The van der Waals surface area contributed by atoms with Gasteiger partial charge < -0.3 is 15.2 Å². The van der Waals surface area contributed by atoms with Gasteiger partial charge in [-0.2, -0.15) is 0 Å². The van der Waals surface area contributed by atoms with Gasteiger partial charge in [-0.3, -0.25) is 9.59 Å². The number of carbonyl (C=O) groups is 2. The molecule has 2 fully saturated rings. The molecule has 0 aromatic carbocycles. The molecule has 2 heterocycles. The van der Waals surface area contributed by atoms with Gasteiger partial charge in [-0.15, -0.1) is 0 Å². The number of hydrogen-bond acceptors (Lipinski definition) is 4. The molecule has 5 heteroatoms. The molecular weight excluding hydrogens is 210 g/mol. The van der Waals surface area contributed by atoms with Gasteiger partial charge in [0.25, 0.3) is 0 Å². The average Bonchev–Trinajstić information content (AvgIpc) is 2.58. The van der Waals surface area contributed by atoms with E-state index in [1.807, 2.05) is 13.8 Å². The largest absolute Gasteiger partial charge is 0.480 e. The Morgan fingerprint density at radius 1 is 1.56 bits per heavy atom. The van der Waals surface area contributed by atoms with Gasteiger partial charge in [-0.25, -0.2) is 0 Å². The van der Waals surface area contributed by atoms with E-state index in [4.69, 9.17) is 9.84 Å². The van der Waals surface area contributed by atoms with Crippen molar-refractivity contribution in [1.29, 1.82) is 0 Å². The second-order valence-electron chi connectivity index (χ2n) is 5.22. The third-order valence-electron chi connectivity index (χ3n) is 3.88. The van der Waals surface area contributed by atoms with E-state index in [2.05, 4.69) is 5.32 Å². The Balaban J connectivity index is 2.33. The summed E-state index contributed by atoms with van der Waals surface area (Å²) in [5.74, 6) is -1.63. The van der Waals surface area contributed by atoms with Crippen LogP contribution in [0, 0.1) is 17.8 Å². The van der Waals surface area contributed by atoms with Crippen molar-refractivity contribution in [2.75, 3.05) is 6.54 Å². The summed E-state index contributed by atoms with van der Waals surface area (Å²) >= 11 is 0. The molecular formula is C11H17NO4. The monoisotopic (exact) mass is 227 g/mol. The van der Waals surface area contributed by atoms with Gasteiger partial charge in [-0.1, -0.05) is 6.92 Å². The number of fused-ring (bicyclic) bond motifs is 1. The number of ether oxygens (including phenoxy) is 1. The van der Waals surface area contributed by atoms with Crippen molar-refractivity contribution in [1.82, 2.24) is 5.32 Å². The molecule has 90 valence electrons. The molecule has 0 bridgehead atoms. The predicted octanol–water partition coefficient (Wildman–Crippen LogP) is 0.247. The number of esters is 1. The third-order valence-corrected chi connectivity index (χ3v) is 3.88. The van der Waals surface area contributed by atoms with Crippen LogP contribution in [0.4, 0.5) is 0 Å². The van der Waals surface area contributed by atoms with Crippen LogP contribution in [0.25, 0.3) is 0 Å². The van der Waals surface area contributed by atoms with Crippen LogP contribution in [-0.4, -0.2) is 35.2 Å². The quantitative estimate of drug-likeness (QED) is 0.628. The van der Waals surface area contributed by atoms with Crippen LogP contribution in [-0.2, 0) is 14.3 Å². The summed E-state index contributed by atoms with van der Waals surface area (Å²) in [6, 6.07) is -0.632. The Hall–Kier alpha value is -1.10. The van der Waals surface area contributed by atoms with Gasteiger partial charge in [0.15, 0.2) is 0 Å². The maximum absolute atomic E-state index is 11.7. The average molecular weight is 227 g/mol. The Morgan fingerprint density at radius 3 is 2.75 bits per heavy atom. The number of carboxylic acid groups (broad SMARTS) is 1. The fourth-order valence-corrected chi connectivity index (χ4v) is 2.94. The molecule has 2 rings (SSSR count). The van der Waals surface area contributed by atoms with E-state index in [9.17, 15) is 9.59 Å². The van der Waals surface area contributed by atoms with E-state index in [-0.39, 0.29) is 23.7 Å². The molecule has 16 heavy (non-hydrogen) atoms. The van der Waals surface area contributed by atoms with Crippen molar-refractivity contribution >= 4 is 11.9 Å². The zero-order chi connectivity index (χ0) is 12.1. The van der Waals surface area contributed by atoms with E-state index >= 15 is 0 Å². The Kier molecular flexibility index (Phi) is 2.45. The van der Waals surface area contributed by atoms with Gasteiger partial charge in [0.1, 0.15) is 11.6 Å². The summed E-state index contributed by atoms with van der Waals surface area (Å²) in [4.78, 5) is 22.8. The number of aliphatic carboxylic acids is 1. The van der Waals surface area contributed by atoms with E-state index in [0.717, 1.165) is 0 Å². The van der Waals surface area contributed by atoms with Crippen LogP contribution < -0.4 is 5.32 Å². The van der Waals surface area contributed by atoms with E-state index < -0.39 is 17.6 Å². The molecule has 0 spiro atoms. The maximum atomic E-state index is 11.7. The number of nitrogens with one attached hydrogen (secondary N) is 1. The summed E-state index contributed by atoms with van der Waals surface area (Å²) in [7, 11) is 0. The number of hydrogen-bond donors (Lipinski definition) is 2. The first kappa shape index (κ1) is 11.4. The van der Waals surface area contributed by atoms with Gasteiger partial charge in [0.05, 0.1) is 5.92 Å². The molecule has 0 aromatic rings. The standard InChI is InChI=1S/C11H17NO4/c1-5-7-6(4-12-8(7)9(13)14)11(2,3)16-10(5)15/h5-8,12H,4H2,1-3H3,(H,13,14)/t5-,6-,7-,8-/m0/s1. The fraction of sp³-hybridized carbons (Fsp3) is 0.818. The highest BCUT2D eigenvalue weighted by molar-refractivity contribution is 5.79. The SMILES string of the molecule is C[C@@H]1C(=O)OC(C)(C)[C@H]2CN[C@H](C(=O)O)[C@@H]12. The van der Waals surface area contributed by atoms with Crippen LogP contribution >= 0.6 is 0 Å². The lowest BCUT2D eigenvalue weighted by Crippen LogP contribution is -2.52. The molecule has 2 aliphatic heterocycles. The zero-order valence-corrected chi connectivity index (χ0v) is 9.69. The highest BCUT2D eigenvalue weighted by atomic mass is 16.6. The topological polar surface area (TPSA) is 75.6 Å². The van der Waals surface area contributed by atoms with Crippen molar-refractivity contribution in [3.63, 3.8) is 0 Å². The Labute approximate surface area is 94.2 Å². The Bertz CT molecular complexity index is 339. The molecule has 4 atom stereocenters. The highest BCUT2D eigenvalue weighted by Crippen LogP contribution is 2.43. The van der Waals surface area contributed by atoms with E-state index in [0.29, 0.717) is 6.54 Å². The van der Waals surface area contributed by atoms with Gasteiger partial charge in [0, 0.05) is 18.4 Å². The van der Waals surface area contributed by atoms with Crippen LogP contribution in [0.5, 0.6) is 0 Å². The maximum Gasteiger partial charge on any atom is 0.321 e. The first-order valence-electron chi connectivity index (χ1n) is 5.53. The molecule has 5 nitrogen and oxygen atoms in total. The molecule has 0 radical (unpaired) electrons. The van der Waals surface area contributed by atoms with Crippen molar-refractivity contribution in [2.45, 2.75) is 32.4 Å². The van der Waals surface area contributed by atoms with Crippen molar-refractivity contribution in [3.8, 4) is 0 Å². The first-order valence-corrected chi connectivity index (χ1v) is 5.53. The summed E-state index contributed by atoms with van der Waals surface area (Å²) in [5, 5.41) is 12.1. The molecule has 2 saturated heterocycles. The van der Waals surface area contributed by atoms with Crippen molar-refractivity contribution < 1.29 is 19.4 Å². The lowest BCUT2D eigenvalue weighted by atomic mass is 9.71. The summed E-state index contributed by atoms with van der Waals surface area (Å²) in [5.41, 5.74) is -0.578. The first-order chi connectivity index (χ1) is 7.34. The fourth-order valence-electron chi connectivity index (χ4n) is 2.94. The number of rotatable bonds is 1. The molecule has 0 aromatic heterocycles. The summed E-state index contributed by atoms with van der Waals surface area (Å²) < 4.78 is 5.36. The minimum atomic E-state index is -0.884. The van der Waals surface area contributed by atoms with Gasteiger partial charge >= 0.3 is 11.9 Å². The molecule has 2 aliphatic rings. The van der Waals surface area contributed by atoms with Crippen LogP contribution in [0.15, 0.2) is 0 Å². The smallest absolute Gasteiger partial charge is 0.321 e. The second kappa shape index (κ2) is 3.45. The van der Waals surface area contributed by atoms with Crippen molar-refractivity contribution in [3.05, 3.63) is 0 Å². The molecule has 0 saturated carbocycles. The van der Waals surface area contributed by atoms with Crippen LogP contribution in [0.3, 0.4) is 0 Å². The van der Waals surface area contributed by atoms with Crippen molar-refractivity contribution in [2.24, 2.45) is 17.8 Å². The minimum Gasteiger partial charge on any atom is -0.480 e. The summed E-state index contributed by atoms with van der Waals surface area (Å²) in [6.07, 6.45) is 0. The molecule has 0 unspecified atom stereocenters. The molecule has 2 N–H and O–H groups in total. The predicted molar refractivity (Wildman–Crippen MR) is 55.7 cm³/mol. The third kappa shape index (κ3) is 1.50. The molecule has 0 aliphatic carbocycles. The van der Waals surface area contributed by atoms with Gasteiger partial charge in [-0.05, 0) is 13.8 Å². The minimum absolute atomic E-state index is 0.0706. The lowest BCUT2D eigenvalue weighted by molar-refractivity contribution is -0.184. The van der Waals surface area contributed by atoms with Crippen LogP contribution in [0.1, 0.15) is 20.8 Å². The van der Waals surface area contributed by atoms with Gasteiger partial charge in [0.2, 0.25) is 0 Å². The van der Waals surface area contributed by atoms with Crippen LogP contribution in [0.2, 0.25) is 0 Å². The lowest BCUT2D eigenvalue weighted by Gasteiger charge is -2.42. The zero-order valence-electron chi connectivity index (χ0n) is 9.69. The van der Waals surface area contributed by atoms with E-state index in [1.165, 1.54) is 0 Å². The van der Waals surface area contributed by atoms with E-state index in [1.54, 1.807) is 6.92 Å².